The molecule has 1 aliphatic heterocycles. The molecule has 0 bridgehead atoms. The third kappa shape index (κ3) is 2.64. The maximum Gasteiger partial charge on any atom is 0.269 e. The minimum atomic E-state index is -0.309. The summed E-state index contributed by atoms with van der Waals surface area (Å²) in [6.07, 6.45) is 1.77. The molecule has 0 radical (unpaired) electrons. The molecule has 2 amide bonds. The standard InChI is InChI=1S/C15H14ClN3O2/c1-9-8-19-7-6-12(13(19)15(21)17-9)14(20)18-11-4-2-10(16)3-5-11/h2-7,9H,8H2,1H3,(H,17,21)(H,18,20). The van der Waals surface area contributed by atoms with Crippen LogP contribution in [0.5, 0.6) is 0 Å². The number of anilines is 1. The number of hydrogen-bond donors (Lipinski definition) is 2. The predicted molar refractivity (Wildman–Crippen MR) is 80.8 cm³/mol. The van der Waals surface area contributed by atoms with E-state index < -0.39 is 0 Å². The SMILES string of the molecule is CC1Cn2ccc(C(=O)Nc3ccc(Cl)cc3)c2C(=O)N1. The molecular weight excluding hydrogens is 290 g/mol. The number of halogens is 1. The Bertz CT molecular complexity index is 706. The van der Waals surface area contributed by atoms with Gasteiger partial charge in [-0.3, -0.25) is 9.59 Å². The van der Waals surface area contributed by atoms with E-state index in [0.717, 1.165) is 0 Å². The lowest BCUT2D eigenvalue weighted by molar-refractivity contribution is 0.0895. The van der Waals surface area contributed by atoms with E-state index in [1.807, 2.05) is 6.92 Å². The van der Waals surface area contributed by atoms with Gasteiger partial charge < -0.3 is 15.2 Å². The van der Waals surface area contributed by atoms with Crippen LogP contribution in [0.15, 0.2) is 36.5 Å². The van der Waals surface area contributed by atoms with E-state index in [0.29, 0.717) is 28.5 Å². The summed E-state index contributed by atoms with van der Waals surface area (Å²) in [6, 6.07) is 8.54. The summed E-state index contributed by atoms with van der Waals surface area (Å²) < 4.78 is 1.81. The Hall–Kier alpha value is -2.27. The summed E-state index contributed by atoms with van der Waals surface area (Å²) in [7, 11) is 0. The summed E-state index contributed by atoms with van der Waals surface area (Å²) in [5.74, 6) is -0.532. The maximum atomic E-state index is 12.3. The van der Waals surface area contributed by atoms with Gasteiger partial charge in [-0.1, -0.05) is 11.6 Å². The molecule has 1 aromatic heterocycles. The average molecular weight is 304 g/mol. The van der Waals surface area contributed by atoms with Crippen molar-refractivity contribution in [1.29, 1.82) is 0 Å². The molecule has 0 spiro atoms. The first-order valence-corrected chi connectivity index (χ1v) is 6.99. The number of carbonyl (C=O) groups is 2. The van der Waals surface area contributed by atoms with Crippen molar-refractivity contribution < 1.29 is 9.59 Å². The highest BCUT2D eigenvalue weighted by molar-refractivity contribution is 6.30. The number of rotatable bonds is 2. The molecule has 2 aromatic rings. The first-order chi connectivity index (χ1) is 10.0. The fourth-order valence-electron chi connectivity index (χ4n) is 2.43. The van der Waals surface area contributed by atoms with Gasteiger partial charge >= 0.3 is 0 Å². The zero-order valence-electron chi connectivity index (χ0n) is 11.4. The predicted octanol–water partition coefficient (Wildman–Crippen LogP) is 2.53. The van der Waals surface area contributed by atoms with Crippen molar-refractivity contribution in [3.63, 3.8) is 0 Å². The van der Waals surface area contributed by atoms with Gasteiger partial charge in [0, 0.05) is 29.5 Å². The molecule has 0 saturated carbocycles. The van der Waals surface area contributed by atoms with E-state index >= 15 is 0 Å². The molecule has 0 aliphatic carbocycles. The van der Waals surface area contributed by atoms with Crippen molar-refractivity contribution in [3.8, 4) is 0 Å². The normalized spacial score (nSPS) is 17.0. The third-order valence-electron chi connectivity index (χ3n) is 3.37. The van der Waals surface area contributed by atoms with E-state index in [-0.39, 0.29) is 17.9 Å². The third-order valence-corrected chi connectivity index (χ3v) is 3.63. The zero-order chi connectivity index (χ0) is 15.0. The van der Waals surface area contributed by atoms with Crippen molar-refractivity contribution in [2.45, 2.75) is 19.5 Å². The molecule has 21 heavy (non-hydrogen) atoms. The van der Waals surface area contributed by atoms with Crippen LogP contribution >= 0.6 is 11.6 Å². The molecule has 1 aliphatic rings. The van der Waals surface area contributed by atoms with Crippen molar-refractivity contribution in [2.75, 3.05) is 5.32 Å². The van der Waals surface area contributed by atoms with Gasteiger partial charge in [0.05, 0.1) is 5.56 Å². The van der Waals surface area contributed by atoms with Crippen LogP contribution in [0.25, 0.3) is 0 Å². The van der Waals surface area contributed by atoms with Gasteiger partial charge in [-0.2, -0.15) is 0 Å². The largest absolute Gasteiger partial charge is 0.346 e. The molecule has 1 atom stereocenters. The highest BCUT2D eigenvalue weighted by Crippen LogP contribution is 2.19. The van der Waals surface area contributed by atoms with E-state index in [9.17, 15) is 9.59 Å². The summed E-state index contributed by atoms with van der Waals surface area (Å²) >= 11 is 5.81. The molecule has 108 valence electrons. The molecular formula is C15H14ClN3O2. The molecule has 5 nitrogen and oxygen atoms in total. The van der Waals surface area contributed by atoms with Crippen LogP contribution in [-0.4, -0.2) is 22.4 Å². The summed E-state index contributed by atoms with van der Waals surface area (Å²) in [5.41, 5.74) is 1.41. The lowest BCUT2D eigenvalue weighted by Gasteiger charge is -2.23. The van der Waals surface area contributed by atoms with Gasteiger partial charge in [0.1, 0.15) is 5.69 Å². The molecule has 1 unspecified atom stereocenters. The summed E-state index contributed by atoms with van der Waals surface area (Å²) in [4.78, 5) is 24.4. The van der Waals surface area contributed by atoms with E-state index in [2.05, 4.69) is 10.6 Å². The average Bonchev–Trinajstić information content (AvgIpc) is 2.85. The first-order valence-electron chi connectivity index (χ1n) is 6.61. The number of aromatic nitrogens is 1. The number of carbonyl (C=O) groups excluding carboxylic acids is 2. The first kappa shape index (κ1) is 13.7. The molecule has 2 heterocycles. The Kier molecular flexibility index (Phi) is 3.43. The maximum absolute atomic E-state index is 12.3. The minimum absolute atomic E-state index is 0.0598. The van der Waals surface area contributed by atoms with Crippen molar-refractivity contribution >= 4 is 29.1 Å². The Balaban J connectivity index is 1.86. The minimum Gasteiger partial charge on any atom is -0.346 e. The second-order valence-corrected chi connectivity index (χ2v) is 5.50. The monoisotopic (exact) mass is 303 g/mol. The Labute approximate surface area is 126 Å². The van der Waals surface area contributed by atoms with Crippen LogP contribution in [0, 0.1) is 0 Å². The smallest absolute Gasteiger partial charge is 0.269 e. The van der Waals surface area contributed by atoms with Crippen LogP contribution in [0.2, 0.25) is 5.02 Å². The molecule has 2 N–H and O–H groups in total. The number of hydrogen-bond acceptors (Lipinski definition) is 2. The number of nitrogens with one attached hydrogen (secondary N) is 2. The van der Waals surface area contributed by atoms with E-state index in [4.69, 9.17) is 11.6 Å². The van der Waals surface area contributed by atoms with Gasteiger partial charge in [0.2, 0.25) is 0 Å². The van der Waals surface area contributed by atoms with Crippen molar-refractivity contribution in [2.24, 2.45) is 0 Å². The second kappa shape index (κ2) is 5.26. The van der Waals surface area contributed by atoms with Crippen LogP contribution < -0.4 is 10.6 Å². The number of benzene rings is 1. The zero-order valence-corrected chi connectivity index (χ0v) is 12.1. The van der Waals surface area contributed by atoms with Gasteiger partial charge in [0.25, 0.3) is 11.8 Å². The highest BCUT2D eigenvalue weighted by atomic mass is 35.5. The van der Waals surface area contributed by atoms with E-state index in [1.54, 1.807) is 41.1 Å². The molecule has 3 rings (SSSR count). The van der Waals surface area contributed by atoms with Crippen molar-refractivity contribution in [1.82, 2.24) is 9.88 Å². The molecule has 0 saturated heterocycles. The Morgan fingerprint density at radius 2 is 2.05 bits per heavy atom. The fourth-order valence-corrected chi connectivity index (χ4v) is 2.55. The molecule has 6 heteroatoms. The second-order valence-electron chi connectivity index (χ2n) is 5.07. The quantitative estimate of drug-likeness (QED) is 0.895. The number of nitrogens with zero attached hydrogens (tertiary/aromatic N) is 1. The van der Waals surface area contributed by atoms with E-state index in [1.165, 1.54) is 0 Å². The van der Waals surface area contributed by atoms with Gasteiger partial charge in [-0.15, -0.1) is 0 Å². The van der Waals surface area contributed by atoms with Crippen LogP contribution in [0.4, 0.5) is 5.69 Å². The Morgan fingerprint density at radius 3 is 2.76 bits per heavy atom. The molecule has 1 aromatic carbocycles. The Morgan fingerprint density at radius 1 is 1.33 bits per heavy atom. The van der Waals surface area contributed by atoms with Gasteiger partial charge in [-0.05, 0) is 37.3 Å². The van der Waals surface area contributed by atoms with Crippen molar-refractivity contribution in [3.05, 3.63) is 52.8 Å². The van der Waals surface area contributed by atoms with Crippen LogP contribution in [0.1, 0.15) is 27.8 Å². The van der Waals surface area contributed by atoms with Gasteiger partial charge in [0.15, 0.2) is 0 Å². The topological polar surface area (TPSA) is 63.1 Å². The summed E-state index contributed by atoms with van der Waals surface area (Å²) in [5, 5.41) is 6.19. The fraction of sp³-hybridized carbons (Fsp3) is 0.200. The van der Waals surface area contributed by atoms with Crippen LogP contribution in [0.3, 0.4) is 0 Å². The van der Waals surface area contributed by atoms with Gasteiger partial charge in [-0.25, -0.2) is 0 Å². The lowest BCUT2D eigenvalue weighted by Crippen LogP contribution is -2.42. The number of amides is 2. The molecule has 0 fully saturated rings. The highest BCUT2D eigenvalue weighted by Gasteiger charge is 2.27. The number of fused-ring (bicyclic) bond motifs is 1. The van der Waals surface area contributed by atoms with Crippen LogP contribution in [-0.2, 0) is 6.54 Å². The summed E-state index contributed by atoms with van der Waals surface area (Å²) in [6.45, 7) is 2.59. The lowest BCUT2D eigenvalue weighted by atomic mass is 10.1.